The number of halogens is 3. The molecule has 7 nitrogen and oxygen atoms in total. The number of benzene rings is 1. The molecule has 34 heavy (non-hydrogen) atoms. The number of pyridine rings is 1. The molecular formula is C24H27F3N2O5. The number of rotatable bonds is 6. The normalized spacial score (nSPS) is 18.7. The molecule has 2 aliphatic rings. The molecule has 1 aromatic carbocycles. The second-order valence-corrected chi connectivity index (χ2v) is 8.37. The molecule has 2 aromatic rings. The van der Waals surface area contributed by atoms with Gasteiger partial charge in [0.25, 0.3) is 5.91 Å². The van der Waals surface area contributed by atoms with Crippen LogP contribution in [0, 0.1) is 12.8 Å². The molecular weight excluding hydrogens is 453 g/mol. The number of ether oxygens (including phenoxy) is 2. The van der Waals surface area contributed by atoms with Crippen molar-refractivity contribution >= 4 is 11.9 Å². The van der Waals surface area contributed by atoms with Crippen molar-refractivity contribution < 1.29 is 37.3 Å². The number of nitrogens with zero attached hydrogens (tertiary/aromatic N) is 2. The number of carboxylic acids is 1. The number of aliphatic carboxylic acids is 1. The number of carbonyl (C=O) groups excluding carboxylic acids is 1. The number of alkyl halides is 3. The number of aryl methyl sites for hydroxylation is 1. The first-order chi connectivity index (χ1) is 16.1. The molecule has 1 spiro atoms. The maximum atomic E-state index is 12.8. The van der Waals surface area contributed by atoms with Gasteiger partial charge in [0.2, 0.25) is 0 Å². The van der Waals surface area contributed by atoms with Crippen molar-refractivity contribution in [2.24, 2.45) is 5.92 Å². The van der Waals surface area contributed by atoms with Gasteiger partial charge in [-0.25, -0.2) is 4.79 Å². The van der Waals surface area contributed by atoms with Crippen LogP contribution in [0.1, 0.15) is 34.3 Å². The molecule has 4 rings (SSSR count). The number of hydrogen-bond acceptors (Lipinski definition) is 5. The van der Waals surface area contributed by atoms with Crippen LogP contribution in [-0.4, -0.2) is 64.9 Å². The van der Waals surface area contributed by atoms with Crippen LogP contribution in [0.5, 0.6) is 0 Å². The molecule has 0 aliphatic carbocycles. The van der Waals surface area contributed by atoms with E-state index in [1.165, 1.54) is 0 Å². The smallest absolute Gasteiger partial charge is 0.475 e. The summed E-state index contributed by atoms with van der Waals surface area (Å²) < 4.78 is 43.7. The molecule has 1 N–H and O–H groups in total. The lowest BCUT2D eigenvalue weighted by molar-refractivity contribution is -0.192. The highest BCUT2D eigenvalue weighted by molar-refractivity contribution is 5.96. The third kappa shape index (κ3) is 6.32. The molecule has 0 bridgehead atoms. The van der Waals surface area contributed by atoms with Crippen LogP contribution in [0.25, 0.3) is 0 Å². The van der Waals surface area contributed by atoms with Gasteiger partial charge in [-0.15, -0.1) is 0 Å². The average molecular weight is 480 g/mol. The molecule has 1 atom stereocenters. The maximum Gasteiger partial charge on any atom is 0.490 e. The molecule has 2 saturated heterocycles. The summed E-state index contributed by atoms with van der Waals surface area (Å²) in [5.41, 5.74) is 2.79. The zero-order chi connectivity index (χ0) is 24.8. The summed E-state index contributed by atoms with van der Waals surface area (Å²) in [7, 11) is 0. The van der Waals surface area contributed by atoms with Gasteiger partial charge in [0, 0.05) is 31.2 Å². The van der Waals surface area contributed by atoms with E-state index in [-0.39, 0.29) is 11.5 Å². The lowest BCUT2D eigenvalue weighted by Gasteiger charge is -2.50. The Balaban J connectivity index is 0.000000406. The van der Waals surface area contributed by atoms with E-state index >= 15 is 0 Å². The fraction of sp³-hybridized carbons (Fsp3) is 0.458. The van der Waals surface area contributed by atoms with Gasteiger partial charge < -0.3 is 19.5 Å². The Kier molecular flexibility index (Phi) is 8.27. The maximum absolute atomic E-state index is 12.8. The van der Waals surface area contributed by atoms with E-state index in [0.717, 1.165) is 36.1 Å². The van der Waals surface area contributed by atoms with E-state index in [9.17, 15) is 18.0 Å². The fourth-order valence-corrected chi connectivity index (χ4v) is 4.16. The van der Waals surface area contributed by atoms with Gasteiger partial charge in [-0.3, -0.25) is 9.78 Å². The Bertz CT molecular complexity index is 978. The zero-order valence-electron chi connectivity index (χ0n) is 18.8. The number of carbonyl (C=O) groups is 2. The van der Waals surface area contributed by atoms with Crippen LogP contribution < -0.4 is 0 Å². The summed E-state index contributed by atoms with van der Waals surface area (Å²) in [5, 5.41) is 7.12. The topological polar surface area (TPSA) is 89.0 Å². The van der Waals surface area contributed by atoms with Crippen molar-refractivity contribution in [2.45, 2.75) is 38.1 Å². The van der Waals surface area contributed by atoms with Crippen molar-refractivity contribution in [3.63, 3.8) is 0 Å². The SMILES string of the molecule is Cc1ccccc1C(=O)N1CC2(C1)OCCC2CCOCc1ccncc1.O=C(O)C(F)(F)F. The van der Waals surface area contributed by atoms with Gasteiger partial charge in [0.05, 0.1) is 19.7 Å². The van der Waals surface area contributed by atoms with E-state index in [4.69, 9.17) is 19.4 Å². The van der Waals surface area contributed by atoms with Gasteiger partial charge in [-0.05, 0) is 55.0 Å². The summed E-state index contributed by atoms with van der Waals surface area (Å²) in [6, 6.07) is 11.7. The van der Waals surface area contributed by atoms with Gasteiger partial charge in [-0.2, -0.15) is 13.2 Å². The zero-order valence-corrected chi connectivity index (χ0v) is 18.8. The number of hydrogen-bond donors (Lipinski definition) is 1. The van der Waals surface area contributed by atoms with Gasteiger partial charge in [0.1, 0.15) is 5.60 Å². The van der Waals surface area contributed by atoms with Crippen molar-refractivity contribution in [1.29, 1.82) is 0 Å². The van der Waals surface area contributed by atoms with Gasteiger partial charge >= 0.3 is 12.1 Å². The lowest BCUT2D eigenvalue weighted by Crippen LogP contribution is -2.66. The monoisotopic (exact) mass is 480 g/mol. The fourth-order valence-electron chi connectivity index (χ4n) is 4.16. The first-order valence-corrected chi connectivity index (χ1v) is 10.9. The Hall–Kier alpha value is -2.98. The van der Waals surface area contributed by atoms with Gasteiger partial charge in [0.15, 0.2) is 0 Å². The average Bonchev–Trinajstić information content (AvgIpc) is 3.20. The largest absolute Gasteiger partial charge is 0.490 e. The molecule has 184 valence electrons. The summed E-state index contributed by atoms with van der Waals surface area (Å²) >= 11 is 0. The minimum atomic E-state index is -5.08. The van der Waals surface area contributed by atoms with E-state index in [1.54, 1.807) is 12.4 Å². The lowest BCUT2D eigenvalue weighted by atomic mass is 9.78. The standard InChI is InChI=1S/C22H26N2O3.C2HF3O2/c1-17-4-2-3-5-20(17)21(25)24-15-22(16-24)19(9-13-27-22)8-12-26-14-18-6-10-23-11-7-18;3-2(4,5)1(6)7/h2-7,10-11,19H,8-9,12-16H2,1H3;(H,6,7). The van der Waals surface area contributed by atoms with Crippen molar-refractivity contribution in [1.82, 2.24) is 9.88 Å². The molecule has 1 aromatic heterocycles. The Morgan fingerprint density at radius 1 is 1.21 bits per heavy atom. The highest BCUT2D eigenvalue weighted by Crippen LogP contribution is 2.42. The molecule has 0 saturated carbocycles. The van der Waals surface area contributed by atoms with E-state index in [0.29, 0.717) is 32.2 Å². The van der Waals surface area contributed by atoms with Crippen molar-refractivity contribution in [2.75, 3.05) is 26.3 Å². The van der Waals surface area contributed by atoms with Crippen molar-refractivity contribution in [3.05, 3.63) is 65.5 Å². The molecule has 2 fully saturated rings. The molecule has 2 aliphatic heterocycles. The first kappa shape index (κ1) is 25.6. The van der Waals surface area contributed by atoms with Crippen molar-refractivity contribution in [3.8, 4) is 0 Å². The minimum Gasteiger partial charge on any atom is -0.475 e. The van der Waals surface area contributed by atoms with Gasteiger partial charge in [-0.1, -0.05) is 18.2 Å². The molecule has 1 unspecified atom stereocenters. The summed E-state index contributed by atoms with van der Waals surface area (Å²) in [6.45, 7) is 5.47. The third-order valence-electron chi connectivity index (χ3n) is 6.05. The summed E-state index contributed by atoms with van der Waals surface area (Å²) in [5.74, 6) is -2.19. The molecule has 10 heteroatoms. The minimum absolute atomic E-state index is 0.113. The second kappa shape index (κ2) is 11.0. The number of likely N-dealkylation sites (tertiary alicyclic amines) is 1. The summed E-state index contributed by atoms with van der Waals surface area (Å²) in [4.78, 5) is 27.6. The van der Waals surface area contributed by atoms with E-state index in [1.807, 2.05) is 48.2 Å². The Morgan fingerprint density at radius 3 is 2.47 bits per heavy atom. The second-order valence-electron chi connectivity index (χ2n) is 8.37. The molecule has 3 heterocycles. The predicted octanol–water partition coefficient (Wildman–Crippen LogP) is 3.86. The summed E-state index contributed by atoms with van der Waals surface area (Å²) in [6.07, 6.45) is 0.502. The van der Waals surface area contributed by atoms with Crippen LogP contribution >= 0.6 is 0 Å². The molecule has 0 radical (unpaired) electrons. The predicted molar refractivity (Wildman–Crippen MR) is 116 cm³/mol. The molecule has 1 amide bonds. The highest BCUT2D eigenvalue weighted by atomic mass is 19.4. The number of carboxylic acid groups (broad SMARTS) is 1. The Morgan fingerprint density at radius 2 is 1.85 bits per heavy atom. The van der Waals surface area contributed by atoms with Crippen LogP contribution in [0.4, 0.5) is 13.2 Å². The number of amides is 1. The first-order valence-electron chi connectivity index (χ1n) is 10.9. The van der Waals surface area contributed by atoms with Crippen LogP contribution in [-0.2, 0) is 20.9 Å². The Labute approximate surface area is 195 Å². The van der Waals surface area contributed by atoms with E-state index < -0.39 is 12.1 Å². The third-order valence-corrected chi connectivity index (χ3v) is 6.05. The van der Waals surface area contributed by atoms with Crippen LogP contribution in [0.15, 0.2) is 48.8 Å². The van der Waals surface area contributed by atoms with E-state index in [2.05, 4.69) is 4.98 Å². The van der Waals surface area contributed by atoms with Crippen LogP contribution in [0.3, 0.4) is 0 Å². The quantitative estimate of drug-likeness (QED) is 0.632. The van der Waals surface area contributed by atoms with Crippen LogP contribution in [0.2, 0.25) is 0 Å². The highest BCUT2D eigenvalue weighted by Gasteiger charge is 2.54. The number of aromatic nitrogens is 1.